The van der Waals surface area contributed by atoms with E-state index in [0.717, 1.165) is 12.1 Å². The molecule has 2 unspecified atom stereocenters. The van der Waals surface area contributed by atoms with Crippen LogP contribution >= 0.6 is 0 Å². The molecule has 2 atom stereocenters. The fourth-order valence-corrected chi connectivity index (χ4v) is 3.14. The van der Waals surface area contributed by atoms with Gasteiger partial charge < -0.3 is 11.1 Å². The fourth-order valence-electron chi connectivity index (χ4n) is 2.31. The van der Waals surface area contributed by atoms with Gasteiger partial charge in [-0.25, -0.2) is 8.42 Å². The van der Waals surface area contributed by atoms with Gasteiger partial charge in [0.1, 0.15) is 0 Å². The smallest absolute Gasteiger partial charge is 0.177 e. The van der Waals surface area contributed by atoms with Crippen molar-refractivity contribution >= 4 is 21.2 Å². The summed E-state index contributed by atoms with van der Waals surface area (Å²) in [4.78, 5) is 0.209. The van der Waals surface area contributed by atoms with E-state index in [-0.39, 0.29) is 4.90 Å². The molecule has 0 aromatic heterocycles. The molecule has 1 aromatic rings. The van der Waals surface area contributed by atoms with Crippen molar-refractivity contribution in [1.29, 1.82) is 0 Å². The Bertz CT molecular complexity index is 540. The number of anilines is 2. The molecule has 0 heterocycles. The van der Waals surface area contributed by atoms with Crippen molar-refractivity contribution in [2.75, 3.05) is 17.3 Å². The monoisotopic (exact) mass is 268 g/mol. The van der Waals surface area contributed by atoms with Crippen molar-refractivity contribution in [3.05, 3.63) is 18.2 Å². The van der Waals surface area contributed by atoms with E-state index in [0.29, 0.717) is 17.6 Å². The summed E-state index contributed by atoms with van der Waals surface area (Å²) in [6.45, 7) is 2.17. The van der Waals surface area contributed by atoms with Crippen molar-refractivity contribution in [3.63, 3.8) is 0 Å². The van der Waals surface area contributed by atoms with Gasteiger partial charge in [-0.2, -0.15) is 0 Å². The normalized spacial score (nSPS) is 22.8. The number of benzene rings is 1. The maximum absolute atomic E-state index is 11.6. The molecule has 4 nitrogen and oxygen atoms in total. The standard InChI is InChI=1S/C13H20N2O2S/c1-3-5-9-8-11(9)15-10-6-4-7-12(13(10)14)18(2,16)17/h4,6-7,9,11,15H,3,5,8,14H2,1-2H3. The van der Waals surface area contributed by atoms with Crippen LogP contribution in [0.4, 0.5) is 11.4 Å². The first-order valence-electron chi connectivity index (χ1n) is 6.28. The van der Waals surface area contributed by atoms with Gasteiger partial charge in [0.05, 0.1) is 16.3 Å². The molecule has 0 amide bonds. The van der Waals surface area contributed by atoms with E-state index in [4.69, 9.17) is 5.73 Å². The molecule has 1 fully saturated rings. The van der Waals surface area contributed by atoms with Gasteiger partial charge in [0, 0.05) is 12.3 Å². The predicted molar refractivity (Wildman–Crippen MR) is 74.4 cm³/mol. The molecule has 0 bridgehead atoms. The summed E-state index contributed by atoms with van der Waals surface area (Å²) in [5, 5.41) is 3.34. The van der Waals surface area contributed by atoms with Gasteiger partial charge in [0.15, 0.2) is 9.84 Å². The number of sulfone groups is 1. The van der Waals surface area contributed by atoms with Crippen molar-refractivity contribution < 1.29 is 8.42 Å². The third-order valence-electron chi connectivity index (χ3n) is 3.39. The minimum absolute atomic E-state index is 0.209. The molecule has 3 N–H and O–H groups in total. The van der Waals surface area contributed by atoms with Gasteiger partial charge in [0.25, 0.3) is 0 Å². The van der Waals surface area contributed by atoms with Gasteiger partial charge in [-0.15, -0.1) is 0 Å². The summed E-state index contributed by atoms with van der Waals surface area (Å²) >= 11 is 0. The summed E-state index contributed by atoms with van der Waals surface area (Å²) in [6, 6.07) is 5.56. The largest absolute Gasteiger partial charge is 0.396 e. The topological polar surface area (TPSA) is 72.2 Å². The third-order valence-corrected chi connectivity index (χ3v) is 4.54. The van der Waals surface area contributed by atoms with Gasteiger partial charge in [0.2, 0.25) is 0 Å². The molecule has 0 radical (unpaired) electrons. The molecule has 100 valence electrons. The second-order valence-electron chi connectivity index (χ2n) is 5.02. The SMILES string of the molecule is CCCC1CC1Nc1cccc(S(C)(=O)=O)c1N. The Morgan fingerprint density at radius 2 is 2.17 bits per heavy atom. The van der Waals surface area contributed by atoms with E-state index < -0.39 is 9.84 Å². The van der Waals surface area contributed by atoms with Crippen LogP contribution in [0.2, 0.25) is 0 Å². The first-order valence-corrected chi connectivity index (χ1v) is 8.17. The number of nitrogen functional groups attached to an aromatic ring is 1. The van der Waals surface area contributed by atoms with Crippen LogP contribution in [0.15, 0.2) is 23.1 Å². The zero-order chi connectivity index (χ0) is 13.3. The molecule has 1 aliphatic carbocycles. The summed E-state index contributed by atoms with van der Waals surface area (Å²) in [5.74, 6) is 0.705. The van der Waals surface area contributed by atoms with Gasteiger partial charge in [-0.05, 0) is 30.9 Å². The van der Waals surface area contributed by atoms with E-state index in [1.807, 2.05) is 6.07 Å². The van der Waals surface area contributed by atoms with Gasteiger partial charge in [-0.1, -0.05) is 19.4 Å². The number of nitrogens with two attached hydrogens (primary N) is 1. The van der Waals surface area contributed by atoms with E-state index in [9.17, 15) is 8.42 Å². The Balaban J connectivity index is 2.16. The summed E-state index contributed by atoms with van der Waals surface area (Å²) in [6.07, 6.45) is 4.72. The Labute approximate surface area is 108 Å². The zero-order valence-corrected chi connectivity index (χ0v) is 11.6. The number of nitrogens with one attached hydrogen (secondary N) is 1. The molecule has 2 rings (SSSR count). The lowest BCUT2D eigenvalue weighted by Gasteiger charge is -2.12. The molecule has 0 spiro atoms. The van der Waals surface area contributed by atoms with Crippen LogP contribution in [0, 0.1) is 5.92 Å². The van der Waals surface area contributed by atoms with Crippen LogP contribution in [0.5, 0.6) is 0 Å². The van der Waals surface area contributed by atoms with Gasteiger partial charge in [-0.3, -0.25) is 0 Å². The number of hydrogen-bond donors (Lipinski definition) is 2. The van der Waals surface area contributed by atoms with E-state index in [2.05, 4.69) is 12.2 Å². The van der Waals surface area contributed by atoms with E-state index >= 15 is 0 Å². The summed E-state index contributed by atoms with van der Waals surface area (Å²) < 4.78 is 23.1. The number of para-hydroxylation sites is 1. The molecule has 1 aromatic carbocycles. The highest BCUT2D eigenvalue weighted by Gasteiger charge is 2.36. The Hall–Kier alpha value is -1.23. The van der Waals surface area contributed by atoms with Crippen LogP contribution in [0.25, 0.3) is 0 Å². The van der Waals surface area contributed by atoms with Crippen LogP contribution < -0.4 is 11.1 Å². The average molecular weight is 268 g/mol. The van der Waals surface area contributed by atoms with Crippen LogP contribution in [0.1, 0.15) is 26.2 Å². The summed E-state index contributed by atoms with van der Waals surface area (Å²) in [7, 11) is -3.26. The third kappa shape index (κ3) is 2.77. The lowest BCUT2D eigenvalue weighted by atomic mass is 10.2. The quantitative estimate of drug-likeness (QED) is 0.804. The minimum Gasteiger partial charge on any atom is -0.396 e. The first-order chi connectivity index (χ1) is 8.43. The number of rotatable bonds is 5. The van der Waals surface area contributed by atoms with E-state index in [1.54, 1.807) is 12.1 Å². The zero-order valence-electron chi connectivity index (χ0n) is 10.8. The lowest BCUT2D eigenvalue weighted by Crippen LogP contribution is -2.10. The van der Waals surface area contributed by atoms with Gasteiger partial charge >= 0.3 is 0 Å². The summed E-state index contributed by atoms with van der Waals surface area (Å²) in [5.41, 5.74) is 7.00. The first kappa shape index (κ1) is 13.2. The van der Waals surface area contributed by atoms with Crippen LogP contribution in [-0.2, 0) is 9.84 Å². The second-order valence-corrected chi connectivity index (χ2v) is 7.01. The maximum Gasteiger partial charge on any atom is 0.177 e. The minimum atomic E-state index is -3.26. The van der Waals surface area contributed by atoms with Crippen molar-refractivity contribution in [3.8, 4) is 0 Å². The van der Waals surface area contributed by atoms with E-state index in [1.165, 1.54) is 19.1 Å². The highest BCUT2D eigenvalue weighted by atomic mass is 32.2. The molecular formula is C13H20N2O2S. The second kappa shape index (κ2) is 4.80. The highest BCUT2D eigenvalue weighted by molar-refractivity contribution is 7.90. The molecule has 0 saturated heterocycles. The molecule has 5 heteroatoms. The molecular weight excluding hydrogens is 248 g/mol. The van der Waals surface area contributed by atoms with Crippen molar-refractivity contribution in [1.82, 2.24) is 0 Å². The van der Waals surface area contributed by atoms with Crippen LogP contribution in [0.3, 0.4) is 0 Å². The average Bonchev–Trinajstić information content (AvgIpc) is 2.98. The highest BCUT2D eigenvalue weighted by Crippen LogP contribution is 2.39. The molecule has 1 aliphatic rings. The Kier molecular flexibility index (Phi) is 3.52. The Morgan fingerprint density at radius 1 is 1.44 bits per heavy atom. The maximum atomic E-state index is 11.6. The Morgan fingerprint density at radius 3 is 2.78 bits per heavy atom. The molecule has 0 aliphatic heterocycles. The lowest BCUT2D eigenvalue weighted by molar-refractivity contribution is 0.602. The molecule has 18 heavy (non-hydrogen) atoms. The van der Waals surface area contributed by atoms with Crippen LogP contribution in [-0.4, -0.2) is 20.7 Å². The van der Waals surface area contributed by atoms with Crippen molar-refractivity contribution in [2.45, 2.75) is 37.1 Å². The predicted octanol–water partition coefficient (Wildman–Crippen LogP) is 2.27. The number of hydrogen-bond acceptors (Lipinski definition) is 4. The molecule has 1 saturated carbocycles. The van der Waals surface area contributed by atoms with Crippen molar-refractivity contribution in [2.24, 2.45) is 5.92 Å². The fraction of sp³-hybridized carbons (Fsp3) is 0.538.